The van der Waals surface area contributed by atoms with Gasteiger partial charge in [0.05, 0.1) is 11.1 Å². The molecule has 0 unspecified atom stereocenters. The van der Waals surface area contributed by atoms with Gasteiger partial charge in [-0.15, -0.1) is 0 Å². The maximum absolute atomic E-state index is 14.9. The molecule has 0 radical (unpaired) electrons. The Morgan fingerprint density at radius 2 is 1.88 bits per heavy atom. The van der Waals surface area contributed by atoms with Crippen LogP contribution in [0.2, 0.25) is 0 Å². The minimum Gasteiger partial charge on any atom is -0.449 e. The Hall–Kier alpha value is -1.63. The molecular formula is C21H23FINO2. The zero-order chi connectivity index (χ0) is 18.8. The van der Waals surface area contributed by atoms with Crippen LogP contribution in [0.3, 0.4) is 0 Å². The van der Waals surface area contributed by atoms with Crippen LogP contribution in [0, 0.1) is 11.2 Å². The van der Waals surface area contributed by atoms with Crippen molar-refractivity contribution in [2.24, 2.45) is 5.41 Å². The van der Waals surface area contributed by atoms with E-state index in [1.54, 1.807) is 12.1 Å². The number of carbonyl (C=O) groups is 1. The molecule has 1 saturated carbocycles. The number of hydrogen-bond acceptors (Lipinski definition) is 3. The molecule has 5 heteroatoms. The molecule has 1 aliphatic rings. The van der Waals surface area contributed by atoms with Crippen molar-refractivity contribution in [2.75, 3.05) is 5.32 Å². The van der Waals surface area contributed by atoms with Crippen LogP contribution >= 0.6 is 22.6 Å². The lowest BCUT2D eigenvalue weighted by molar-refractivity contribution is -0.155. The molecule has 0 bridgehead atoms. The van der Waals surface area contributed by atoms with Crippen molar-refractivity contribution in [3.8, 4) is 0 Å². The van der Waals surface area contributed by atoms with E-state index in [0.717, 1.165) is 18.4 Å². The summed E-state index contributed by atoms with van der Waals surface area (Å²) in [6.45, 7) is 4.24. The Morgan fingerprint density at radius 1 is 1.19 bits per heavy atom. The van der Waals surface area contributed by atoms with Gasteiger partial charge in [0.2, 0.25) is 0 Å². The summed E-state index contributed by atoms with van der Waals surface area (Å²) < 4.78 is 19.9. The molecule has 138 valence electrons. The molecule has 3 nitrogen and oxygen atoms in total. The quantitative estimate of drug-likeness (QED) is 0.333. The average molecular weight is 467 g/mol. The molecule has 0 atom stereocenters. The molecule has 3 rings (SSSR count). The summed E-state index contributed by atoms with van der Waals surface area (Å²) in [5, 5.41) is 3.15. The molecule has 1 fully saturated rings. The van der Waals surface area contributed by atoms with Crippen molar-refractivity contribution in [2.45, 2.75) is 43.3 Å². The molecule has 1 aliphatic carbocycles. The smallest absolute Gasteiger partial charge is 0.313 e. The highest BCUT2D eigenvalue weighted by molar-refractivity contribution is 14.1. The van der Waals surface area contributed by atoms with E-state index in [9.17, 15) is 9.18 Å². The predicted octanol–water partition coefficient (Wildman–Crippen LogP) is 5.47. The monoisotopic (exact) mass is 467 g/mol. The third-order valence-electron chi connectivity index (χ3n) is 4.56. The highest BCUT2D eigenvalue weighted by atomic mass is 127. The number of anilines is 1. The number of esters is 1. The SMILES string of the molecule is CC(C)(I)OC(=O)C1(Cc2cccc(NCc3ccccc3)c2F)CC1. The zero-order valence-electron chi connectivity index (χ0n) is 15.0. The highest BCUT2D eigenvalue weighted by Crippen LogP contribution is 2.51. The largest absolute Gasteiger partial charge is 0.449 e. The van der Waals surface area contributed by atoms with E-state index < -0.39 is 9.02 Å². The maximum atomic E-state index is 14.9. The van der Waals surface area contributed by atoms with Crippen LogP contribution in [-0.2, 0) is 22.5 Å². The van der Waals surface area contributed by atoms with Gasteiger partial charge in [-0.05, 0) is 72.9 Å². The minimum absolute atomic E-state index is 0.223. The fourth-order valence-corrected chi connectivity index (χ4v) is 3.14. The molecule has 0 saturated heterocycles. The summed E-state index contributed by atoms with van der Waals surface area (Å²) in [4.78, 5) is 12.5. The van der Waals surface area contributed by atoms with Gasteiger partial charge in [-0.25, -0.2) is 4.39 Å². The second kappa shape index (κ2) is 7.55. The number of halogens is 2. The van der Waals surface area contributed by atoms with Crippen molar-refractivity contribution in [1.82, 2.24) is 0 Å². The van der Waals surface area contributed by atoms with Crippen molar-refractivity contribution < 1.29 is 13.9 Å². The molecule has 2 aromatic carbocycles. The molecule has 0 spiro atoms. The first-order valence-corrected chi connectivity index (χ1v) is 9.85. The summed E-state index contributed by atoms with van der Waals surface area (Å²) in [6, 6.07) is 15.2. The Labute approximate surface area is 167 Å². The Morgan fingerprint density at radius 3 is 2.50 bits per heavy atom. The van der Waals surface area contributed by atoms with Gasteiger partial charge in [0.25, 0.3) is 0 Å². The van der Waals surface area contributed by atoms with E-state index in [2.05, 4.69) is 27.9 Å². The second-order valence-corrected chi connectivity index (χ2v) is 9.93. The van der Waals surface area contributed by atoms with Gasteiger partial charge in [0.15, 0.2) is 3.61 Å². The average Bonchev–Trinajstić information content (AvgIpc) is 3.36. The van der Waals surface area contributed by atoms with Crippen LogP contribution in [-0.4, -0.2) is 9.58 Å². The lowest BCUT2D eigenvalue weighted by Crippen LogP contribution is -2.29. The molecule has 26 heavy (non-hydrogen) atoms. The number of rotatable bonds is 7. The summed E-state index contributed by atoms with van der Waals surface area (Å²) in [6.07, 6.45) is 1.88. The molecule has 2 aromatic rings. The van der Waals surface area contributed by atoms with Crippen LogP contribution in [0.4, 0.5) is 10.1 Å². The molecule has 1 N–H and O–H groups in total. The zero-order valence-corrected chi connectivity index (χ0v) is 17.2. The minimum atomic E-state index is -0.568. The van der Waals surface area contributed by atoms with E-state index in [1.165, 1.54) is 0 Å². The fourth-order valence-electron chi connectivity index (χ4n) is 2.94. The predicted molar refractivity (Wildman–Crippen MR) is 110 cm³/mol. The van der Waals surface area contributed by atoms with Crippen LogP contribution in [0.1, 0.15) is 37.8 Å². The van der Waals surface area contributed by atoms with E-state index in [1.807, 2.05) is 50.2 Å². The van der Waals surface area contributed by atoms with Gasteiger partial charge in [-0.2, -0.15) is 0 Å². The maximum Gasteiger partial charge on any atom is 0.313 e. The van der Waals surface area contributed by atoms with Gasteiger partial charge in [0, 0.05) is 6.54 Å². The highest BCUT2D eigenvalue weighted by Gasteiger charge is 2.52. The Bertz CT molecular complexity index is 782. The van der Waals surface area contributed by atoms with Crippen LogP contribution in [0.15, 0.2) is 48.5 Å². The summed E-state index contributed by atoms with van der Waals surface area (Å²) >= 11 is 2.09. The van der Waals surface area contributed by atoms with Gasteiger partial charge in [0.1, 0.15) is 5.82 Å². The molecule has 0 aromatic heterocycles. The van der Waals surface area contributed by atoms with Crippen LogP contribution in [0.5, 0.6) is 0 Å². The number of nitrogens with one attached hydrogen (secondary N) is 1. The number of carbonyl (C=O) groups excluding carboxylic acids is 1. The third-order valence-corrected chi connectivity index (χ3v) is 4.78. The van der Waals surface area contributed by atoms with E-state index in [4.69, 9.17) is 4.74 Å². The normalized spacial score (nSPS) is 15.4. The molecule has 0 amide bonds. The van der Waals surface area contributed by atoms with Crippen molar-refractivity contribution in [3.63, 3.8) is 0 Å². The molecule has 0 aliphatic heterocycles. The van der Waals surface area contributed by atoms with Crippen LogP contribution < -0.4 is 5.32 Å². The van der Waals surface area contributed by atoms with Gasteiger partial charge in [-0.3, -0.25) is 4.79 Å². The van der Waals surface area contributed by atoms with Gasteiger partial charge >= 0.3 is 5.97 Å². The number of alkyl halides is 1. The lowest BCUT2D eigenvalue weighted by atomic mass is 9.95. The Balaban J connectivity index is 1.70. The van der Waals surface area contributed by atoms with E-state index >= 15 is 0 Å². The van der Waals surface area contributed by atoms with Gasteiger partial charge in [-0.1, -0.05) is 42.5 Å². The topological polar surface area (TPSA) is 38.3 Å². The molecule has 0 heterocycles. The summed E-state index contributed by atoms with van der Waals surface area (Å²) in [5.74, 6) is -0.504. The fraction of sp³-hybridized carbons (Fsp3) is 0.381. The number of hydrogen-bond donors (Lipinski definition) is 1. The third kappa shape index (κ3) is 4.75. The second-order valence-electron chi connectivity index (χ2n) is 7.33. The first-order chi connectivity index (χ1) is 12.3. The Kier molecular flexibility index (Phi) is 5.55. The van der Waals surface area contributed by atoms with Crippen molar-refractivity contribution >= 4 is 34.2 Å². The van der Waals surface area contributed by atoms with Gasteiger partial charge < -0.3 is 10.1 Å². The summed E-state index contributed by atoms with van der Waals surface area (Å²) in [7, 11) is 0. The first-order valence-electron chi connectivity index (χ1n) is 8.77. The number of ether oxygens (including phenoxy) is 1. The number of benzene rings is 2. The van der Waals surface area contributed by atoms with Crippen molar-refractivity contribution in [1.29, 1.82) is 0 Å². The molecular weight excluding hydrogens is 444 g/mol. The van der Waals surface area contributed by atoms with E-state index in [0.29, 0.717) is 24.2 Å². The first kappa shape index (κ1) is 19.1. The lowest BCUT2D eigenvalue weighted by Gasteiger charge is -2.22. The van der Waals surface area contributed by atoms with Crippen molar-refractivity contribution in [3.05, 3.63) is 65.5 Å². The van der Waals surface area contributed by atoms with E-state index in [-0.39, 0.29) is 11.8 Å². The standard InChI is InChI=1S/C21H23FINO2/c1-20(2,23)26-19(25)21(11-12-21)13-16-9-6-10-17(18(16)22)24-14-15-7-4-3-5-8-15/h3-10,24H,11-14H2,1-2H3. The van der Waals surface area contributed by atoms with Crippen LogP contribution in [0.25, 0.3) is 0 Å². The summed E-state index contributed by atoms with van der Waals surface area (Å²) in [5.41, 5.74) is 1.54.